The predicted octanol–water partition coefficient (Wildman–Crippen LogP) is 2.77. The summed E-state index contributed by atoms with van der Waals surface area (Å²) in [5.74, 6) is -0.752. The van der Waals surface area contributed by atoms with Gasteiger partial charge in [0.15, 0.2) is 5.79 Å². The molecule has 5 nitrogen and oxygen atoms in total. The van der Waals surface area contributed by atoms with Crippen LogP contribution in [0.1, 0.15) is 35.7 Å². The highest BCUT2D eigenvalue weighted by Crippen LogP contribution is 2.28. The van der Waals surface area contributed by atoms with E-state index < -0.39 is 5.79 Å². The number of aromatic nitrogens is 2. The SMILES string of the molecule is CC1(CCC(=O)n2ccnc2)OCc2ccccc2CO1. The molecule has 0 saturated heterocycles. The van der Waals surface area contributed by atoms with Gasteiger partial charge >= 0.3 is 0 Å². The van der Waals surface area contributed by atoms with Crippen molar-refractivity contribution in [1.29, 1.82) is 0 Å². The third-order valence-corrected chi connectivity index (χ3v) is 3.77. The van der Waals surface area contributed by atoms with Gasteiger partial charge in [0, 0.05) is 25.2 Å². The van der Waals surface area contributed by atoms with Crippen molar-refractivity contribution in [3.63, 3.8) is 0 Å². The highest BCUT2D eigenvalue weighted by atomic mass is 16.7. The van der Waals surface area contributed by atoms with E-state index in [-0.39, 0.29) is 5.91 Å². The van der Waals surface area contributed by atoms with E-state index in [2.05, 4.69) is 4.98 Å². The number of nitrogens with zero attached hydrogens (tertiary/aromatic N) is 2. The van der Waals surface area contributed by atoms with E-state index in [1.54, 1.807) is 12.4 Å². The van der Waals surface area contributed by atoms with Gasteiger partial charge in [0.2, 0.25) is 5.91 Å². The second kappa shape index (κ2) is 5.79. The average Bonchev–Trinajstić information content (AvgIpc) is 2.98. The molecular weight excluding hydrogens is 268 g/mol. The number of hydrogen-bond acceptors (Lipinski definition) is 4. The number of hydrogen-bond donors (Lipinski definition) is 0. The van der Waals surface area contributed by atoms with Crippen LogP contribution in [0.4, 0.5) is 0 Å². The fraction of sp³-hybridized carbons (Fsp3) is 0.375. The molecular formula is C16H18N2O3. The molecule has 3 rings (SSSR count). The lowest BCUT2D eigenvalue weighted by atomic mass is 10.1. The Bertz CT molecular complexity index is 595. The first-order chi connectivity index (χ1) is 10.2. The first-order valence-corrected chi connectivity index (χ1v) is 7.02. The number of rotatable bonds is 3. The smallest absolute Gasteiger partial charge is 0.232 e. The van der Waals surface area contributed by atoms with Gasteiger partial charge in [-0.1, -0.05) is 24.3 Å². The van der Waals surface area contributed by atoms with Crippen LogP contribution in [0, 0.1) is 0 Å². The zero-order valence-corrected chi connectivity index (χ0v) is 12.0. The van der Waals surface area contributed by atoms with Crippen LogP contribution in [-0.2, 0) is 22.7 Å². The summed E-state index contributed by atoms with van der Waals surface area (Å²) in [5.41, 5.74) is 2.28. The molecule has 110 valence electrons. The van der Waals surface area contributed by atoms with Gasteiger partial charge in [-0.2, -0.15) is 0 Å². The summed E-state index contributed by atoms with van der Waals surface area (Å²) in [5, 5.41) is 0. The Labute approximate surface area is 123 Å². The van der Waals surface area contributed by atoms with E-state index in [1.807, 2.05) is 31.2 Å². The Morgan fingerprint density at radius 1 is 1.29 bits per heavy atom. The second-order valence-electron chi connectivity index (χ2n) is 5.34. The molecule has 0 aliphatic carbocycles. The molecule has 0 fully saturated rings. The monoisotopic (exact) mass is 286 g/mol. The second-order valence-corrected chi connectivity index (χ2v) is 5.34. The average molecular weight is 286 g/mol. The fourth-order valence-corrected chi connectivity index (χ4v) is 2.36. The normalized spacial score (nSPS) is 17.0. The molecule has 0 amide bonds. The van der Waals surface area contributed by atoms with Crippen LogP contribution >= 0.6 is 0 Å². The Balaban J connectivity index is 1.62. The van der Waals surface area contributed by atoms with Crippen molar-refractivity contribution in [2.45, 2.75) is 38.8 Å². The molecule has 1 aromatic heterocycles. The van der Waals surface area contributed by atoms with Crippen molar-refractivity contribution in [2.75, 3.05) is 0 Å². The first kappa shape index (κ1) is 14.0. The van der Waals surface area contributed by atoms with Crippen LogP contribution < -0.4 is 0 Å². The lowest BCUT2D eigenvalue weighted by Crippen LogP contribution is -2.32. The summed E-state index contributed by atoms with van der Waals surface area (Å²) >= 11 is 0. The van der Waals surface area contributed by atoms with Crippen molar-refractivity contribution in [1.82, 2.24) is 9.55 Å². The van der Waals surface area contributed by atoms with Crippen LogP contribution in [0.2, 0.25) is 0 Å². The third-order valence-electron chi connectivity index (χ3n) is 3.77. The summed E-state index contributed by atoms with van der Waals surface area (Å²) in [6.07, 6.45) is 5.61. The van der Waals surface area contributed by atoms with Gasteiger partial charge in [-0.15, -0.1) is 0 Å². The van der Waals surface area contributed by atoms with E-state index in [9.17, 15) is 4.79 Å². The quantitative estimate of drug-likeness (QED) is 0.870. The minimum Gasteiger partial charge on any atom is -0.346 e. The van der Waals surface area contributed by atoms with Crippen LogP contribution in [0.3, 0.4) is 0 Å². The van der Waals surface area contributed by atoms with Gasteiger partial charge in [0.05, 0.1) is 13.2 Å². The van der Waals surface area contributed by atoms with E-state index in [4.69, 9.17) is 9.47 Å². The summed E-state index contributed by atoms with van der Waals surface area (Å²) in [6.45, 7) is 2.90. The zero-order valence-electron chi connectivity index (χ0n) is 12.0. The van der Waals surface area contributed by atoms with Crippen molar-refractivity contribution >= 4 is 5.91 Å². The van der Waals surface area contributed by atoms with Gasteiger partial charge < -0.3 is 9.47 Å². The van der Waals surface area contributed by atoms with E-state index in [0.717, 1.165) is 11.1 Å². The Morgan fingerprint density at radius 3 is 2.52 bits per heavy atom. The maximum absolute atomic E-state index is 12.0. The Kier molecular flexibility index (Phi) is 3.86. The van der Waals surface area contributed by atoms with Crippen molar-refractivity contribution in [2.24, 2.45) is 0 Å². The number of carbonyl (C=O) groups is 1. The largest absolute Gasteiger partial charge is 0.346 e. The fourth-order valence-electron chi connectivity index (χ4n) is 2.36. The molecule has 0 N–H and O–H groups in total. The summed E-state index contributed by atoms with van der Waals surface area (Å²) < 4.78 is 13.3. The predicted molar refractivity (Wildman–Crippen MR) is 76.5 cm³/mol. The molecule has 0 atom stereocenters. The van der Waals surface area contributed by atoms with Crippen LogP contribution in [0.25, 0.3) is 0 Å². The van der Waals surface area contributed by atoms with Crippen molar-refractivity contribution in [3.05, 3.63) is 54.1 Å². The van der Waals surface area contributed by atoms with Crippen molar-refractivity contribution < 1.29 is 14.3 Å². The highest BCUT2D eigenvalue weighted by Gasteiger charge is 2.30. The molecule has 0 saturated carbocycles. The number of ether oxygens (including phenoxy) is 2. The van der Waals surface area contributed by atoms with Gasteiger partial charge in [-0.05, 0) is 18.1 Å². The maximum Gasteiger partial charge on any atom is 0.232 e. The van der Waals surface area contributed by atoms with E-state index >= 15 is 0 Å². The van der Waals surface area contributed by atoms with Gasteiger partial charge in [-0.25, -0.2) is 4.98 Å². The maximum atomic E-state index is 12.0. The molecule has 1 aliphatic heterocycles. The molecule has 0 radical (unpaired) electrons. The summed E-state index contributed by atoms with van der Waals surface area (Å²) in [6, 6.07) is 8.07. The summed E-state index contributed by atoms with van der Waals surface area (Å²) in [4.78, 5) is 15.9. The minimum atomic E-state index is -0.741. The Hall–Kier alpha value is -1.98. The molecule has 2 heterocycles. The van der Waals surface area contributed by atoms with Gasteiger partial charge in [0.1, 0.15) is 6.33 Å². The zero-order chi connectivity index (χ0) is 14.7. The van der Waals surface area contributed by atoms with Gasteiger partial charge in [0.25, 0.3) is 0 Å². The van der Waals surface area contributed by atoms with Gasteiger partial charge in [-0.3, -0.25) is 9.36 Å². The van der Waals surface area contributed by atoms with Crippen molar-refractivity contribution in [3.8, 4) is 0 Å². The molecule has 5 heteroatoms. The number of fused-ring (bicyclic) bond motifs is 1. The summed E-state index contributed by atoms with van der Waals surface area (Å²) in [7, 11) is 0. The van der Waals surface area contributed by atoms with E-state index in [0.29, 0.717) is 26.1 Å². The van der Waals surface area contributed by atoms with Crippen LogP contribution in [-0.4, -0.2) is 21.2 Å². The number of benzene rings is 1. The number of imidazole rings is 1. The molecule has 0 spiro atoms. The topological polar surface area (TPSA) is 53.4 Å². The molecule has 21 heavy (non-hydrogen) atoms. The van der Waals surface area contributed by atoms with Crippen LogP contribution in [0.5, 0.6) is 0 Å². The molecule has 0 unspecified atom stereocenters. The lowest BCUT2D eigenvalue weighted by Gasteiger charge is -2.27. The molecule has 0 bridgehead atoms. The first-order valence-electron chi connectivity index (χ1n) is 7.02. The van der Waals surface area contributed by atoms with E-state index in [1.165, 1.54) is 10.9 Å². The molecule has 1 aliphatic rings. The molecule has 2 aromatic rings. The lowest BCUT2D eigenvalue weighted by molar-refractivity contribution is -0.235. The van der Waals surface area contributed by atoms with Crippen LogP contribution in [0.15, 0.2) is 43.0 Å². The highest BCUT2D eigenvalue weighted by molar-refractivity contribution is 5.78. The third kappa shape index (κ3) is 3.20. The minimum absolute atomic E-state index is 0.0114. The Morgan fingerprint density at radius 2 is 1.95 bits per heavy atom. The standard InChI is InChI=1S/C16H18N2O3/c1-16(7-6-15(19)18-9-8-17-12-18)20-10-13-4-2-3-5-14(13)11-21-16/h2-5,8-9,12H,6-7,10-11H2,1H3. The molecule has 1 aromatic carbocycles. The number of carbonyl (C=O) groups excluding carboxylic acids is 1.